The fraction of sp³-hybridized carbons (Fsp3) is 0.706. The van der Waals surface area contributed by atoms with Gasteiger partial charge < -0.3 is 5.73 Å². The number of nitrogens with two attached hydrogens (primary N) is 1. The summed E-state index contributed by atoms with van der Waals surface area (Å²) in [6.45, 7) is 2.69. The summed E-state index contributed by atoms with van der Waals surface area (Å²) < 4.78 is 37.4. The van der Waals surface area contributed by atoms with Crippen LogP contribution in [0.5, 0.6) is 0 Å². The van der Waals surface area contributed by atoms with Crippen molar-refractivity contribution in [2.24, 2.45) is 0 Å². The molecule has 0 spiro atoms. The van der Waals surface area contributed by atoms with Gasteiger partial charge in [0.2, 0.25) is 16.0 Å². The monoisotopic (exact) mass is 432 g/mol. The zero-order valence-electron chi connectivity index (χ0n) is 16.1. The first-order chi connectivity index (χ1) is 13.2. The van der Waals surface area contributed by atoms with Gasteiger partial charge in [0.05, 0.1) is 12.5 Å². The number of hydrogen-bond acceptors (Lipinski definition) is 6. The predicted octanol–water partition coefficient (Wildman–Crippen LogP) is 2.57. The molecule has 4 rings (SSSR count). The smallest absolute Gasteiger partial charge is 0.238 e. The van der Waals surface area contributed by atoms with E-state index in [1.165, 1.54) is 10.7 Å². The Labute approximate surface area is 169 Å². The van der Waals surface area contributed by atoms with Gasteiger partial charge in [-0.1, -0.05) is 24.9 Å². The third kappa shape index (κ3) is 4.23. The van der Waals surface area contributed by atoms with Crippen LogP contribution in [-0.4, -0.2) is 57.8 Å². The highest BCUT2D eigenvalue weighted by Crippen LogP contribution is 2.46. The van der Waals surface area contributed by atoms with Crippen molar-refractivity contribution in [3.05, 3.63) is 17.2 Å². The van der Waals surface area contributed by atoms with Crippen molar-refractivity contribution in [3.8, 4) is 0 Å². The first-order valence-corrected chi connectivity index (χ1v) is 11.7. The van der Waals surface area contributed by atoms with Crippen LogP contribution in [0.2, 0.25) is 5.15 Å². The van der Waals surface area contributed by atoms with Crippen molar-refractivity contribution in [1.82, 2.24) is 23.9 Å². The van der Waals surface area contributed by atoms with E-state index in [-0.39, 0.29) is 17.9 Å². The van der Waals surface area contributed by atoms with Crippen LogP contribution >= 0.6 is 11.6 Å². The number of nitrogens with zero attached hydrogens (tertiary/aromatic N) is 5. The molecule has 0 amide bonds. The summed E-state index contributed by atoms with van der Waals surface area (Å²) in [5, 5.41) is 4.69. The zero-order valence-corrected chi connectivity index (χ0v) is 17.7. The standard InChI is InChI=1S/C11H14ClN5.C6H12FNO2S/c1-2-11(4-3-5-11)9-15-8(12)7-6-14-10(13)16-17(7)9;1-11(9,10)8-4-2-3-6(7)5-8/h6H,2-5H2,1H3,(H2,13,16);6H,2-5H2,1H3. The largest absolute Gasteiger partial charge is 0.367 e. The third-order valence-electron chi connectivity index (χ3n) is 5.62. The summed E-state index contributed by atoms with van der Waals surface area (Å²) in [6, 6.07) is 0. The first kappa shape index (κ1) is 21.2. The number of aromatic nitrogens is 4. The molecule has 0 radical (unpaired) electrons. The van der Waals surface area contributed by atoms with E-state index in [9.17, 15) is 12.8 Å². The molecule has 3 heterocycles. The molecular formula is C17H26ClFN6O2S. The number of anilines is 1. The van der Waals surface area contributed by atoms with Gasteiger partial charge in [-0.25, -0.2) is 27.3 Å². The van der Waals surface area contributed by atoms with Crippen LogP contribution in [0.15, 0.2) is 6.20 Å². The van der Waals surface area contributed by atoms with Crippen LogP contribution in [0.4, 0.5) is 10.3 Å². The number of alkyl halides is 1. The lowest BCUT2D eigenvalue weighted by molar-refractivity contribution is 0.203. The molecule has 2 aromatic heterocycles. The van der Waals surface area contributed by atoms with E-state index in [1.54, 1.807) is 10.7 Å². The molecule has 1 aliphatic heterocycles. The maximum absolute atomic E-state index is 12.7. The third-order valence-corrected chi connectivity index (χ3v) is 7.17. The molecular weight excluding hydrogens is 407 g/mol. The minimum absolute atomic E-state index is 0.0405. The van der Waals surface area contributed by atoms with E-state index in [1.807, 2.05) is 0 Å². The average molecular weight is 433 g/mol. The van der Waals surface area contributed by atoms with Crippen molar-refractivity contribution in [3.63, 3.8) is 0 Å². The van der Waals surface area contributed by atoms with Gasteiger partial charge >= 0.3 is 0 Å². The predicted molar refractivity (Wildman–Crippen MR) is 107 cm³/mol. The van der Waals surface area contributed by atoms with Gasteiger partial charge in [-0.2, -0.15) is 4.31 Å². The normalized spacial score (nSPS) is 22.4. The van der Waals surface area contributed by atoms with Crippen molar-refractivity contribution >= 4 is 33.1 Å². The lowest BCUT2D eigenvalue weighted by Crippen LogP contribution is -2.39. The molecule has 11 heteroatoms. The van der Waals surface area contributed by atoms with E-state index in [4.69, 9.17) is 17.3 Å². The fourth-order valence-corrected chi connectivity index (χ4v) is 4.84. The molecule has 2 fully saturated rings. The van der Waals surface area contributed by atoms with Crippen LogP contribution < -0.4 is 5.73 Å². The van der Waals surface area contributed by atoms with Gasteiger partial charge in [0, 0.05) is 18.5 Å². The molecule has 1 saturated heterocycles. The summed E-state index contributed by atoms with van der Waals surface area (Å²) in [5.41, 5.74) is 6.49. The van der Waals surface area contributed by atoms with E-state index < -0.39 is 16.2 Å². The SMILES string of the molecule is CCC1(c2nc(Cl)c3cnc(N)nn23)CCC1.CS(=O)(=O)N1CCCC(F)C1. The molecule has 156 valence electrons. The van der Waals surface area contributed by atoms with Crippen LogP contribution in [0.1, 0.15) is 51.3 Å². The minimum atomic E-state index is -3.17. The summed E-state index contributed by atoms with van der Waals surface area (Å²) in [7, 11) is -3.17. The van der Waals surface area contributed by atoms with Gasteiger partial charge in [0.25, 0.3) is 0 Å². The van der Waals surface area contributed by atoms with Crippen LogP contribution in [0, 0.1) is 0 Å². The Morgan fingerprint density at radius 2 is 2.11 bits per heavy atom. The molecule has 2 aliphatic rings. The molecule has 8 nitrogen and oxygen atoms in total. The highest BCUT2D eigenvalue weighted by atomic mass is 35.5. The number of nitrogen functional groups attached to an aromatic ring is 1. The number of piperidine rings is 1. The molecule has 0 bridgehead atoms. The number of imidazole rings is 1. The Morgan fingerprint density at radius 3 is 2.61 bits per heavy atom. The second-order valence-corrected chi connectivity index (χ2v) is 9.83. The van der Waals surface area contributed by atoms with Crippen molar-refractivity contribution in [2.75, 3.05) is 25.1 Å². The second-order valence-electron chi connectivity index (χ2n) is 7.49. The Hall–Kier alpha value is -1.52. The Morgan fingerprint density at radius 1 is 1.39 bits per heavy atom. The van der Waals surface area contributed by atoms with E-state index >= 15 is 0 Å². The van der Waals surface area contributed by atoms with Gasteiger partial charge in [0.1, 0.15) is 17.5 Å². The topological polar surface area (TPSA) is 106 Å². The Kier molecular flexibility index (Phi) is 6.11. The van der Waals surface area contributed by atoms with Gasteiger partial charge in [0.15, 0.2) is 5.15 Å². The summed E-state index contributed by atoms with van der Waals surface area (Å²) in [6.07, 6.45) is 7.46. The Bertz CT molecular complexity index is 941. The van der Waals surface area contributed by atoms with Crippen molar-refractivity contribution < 1.29 is 12.8 Å². The van der Waals surface area contributed by atoms with Crippen LogP contribution in [0.25, 0.3) is 5.52 Å². The summed E-state index contributed by atoms with van der Waals surface area (Å²) in [5.74, 6) is 1.18. The summed E-state index contributed by atoms with van der Waals surface area (Å²) in [4.78, 5) is 8.42. The van der Waals surface area contributed by atoms with Crippen molar-refractivity contribution in [2.45, 2.75) is 57.0 Å². The van der Waals surface area contributed by atoms with E-state index in [0.717, 1.165) is 36.9 Å². The maximum atomic E-state index is 12.7. The van der Waals surface area contributed by atoms with Crippen LogP contribution in [0.3, 0.4) is 0 Å². The number of halogens is 2. The quantitative estimate of drug-likeness (QED) is 0.798. The minimum Gasteiger partial charge on any atom is -0.367 e. The molecule has 1 unspecified atom stereocenters. The zero-order chi connectivity index (χ0) is 20.5. The molecule has 1 aliphatic carbocycles. The van der Waals surface area contributed by atoms with Gasteiger partial charge in [-0.15, -0.1) is 5.10 Å². The molecule has 28 heavy (non-hydrogen) atoms. The first-order valence-electron chi connectivity index (χ1n) is 9.43. The fourth-order valence-electron chi connectivity index (χ4n) is 3.74. The number of hydrogen-bond donors (Lipinski definition) is 1. The van der Waals surface area contributed by atoms with Crippen LogP contribution in [-0.2, 0) is 15.4 Å². The molecule has 1 saturated carbocycles. The highest BCUT2D eigenvalue weighted by Gasteiger charge is 2.41. The van der Waals surface area contributed by atoms with E-state index in [2.05, 4.69) is 22.0 Å². The van der Waals surface area contributed by atoms with Crippen molar-refractivity contribution in [1.29, 1.82) is 0 Å². The molecule has 0 aromatic carbocycles. The summed E-state index contributed by atoms with van der Waals surface area (Å²) >= 11 is 6.12. The molecule has 1 atom stereocenters. The lowest BCUT2D eigenvalue weighted by Gasteiger charge is -2.39. The van der Waals surface area contributed by atoms with E-state index in [0.29, 0.717) is 24.5 Å². The van der Waals surface area contributed by atoms with Gasteiger partial charge in [-0.3, -0.25) is 0 Å². The molecule has 2 N–H and O–H groups in total. The molecule has 2 aromatic rings. The number of fused-ring (bicyclic) bond motifs is 1. The Balaban J connectivity index is 0.000000178. The highest BCUT2D eigenvalue weighted by molar-refractivity contribution is 7.88. The van der Waals surface area contributed by atoms with Gasteiger partial charge in [-0.05, 0) is 32.1 Å². The number of sulfonamides is 1. The number of rotatable bonds is 3. The maximum Gasteiger partial charge on any atom is 0.238 e. The second kappa shape index (κ2) is 8.08. The lowest BCUT2D eigenvalue weighted by atomic mass is 9.66. The average Bonchev–Trinajstić information content (AvgIpc) is 2.91.